The first-order valence-corrected chi connectivity index (χ1v) is 7.55. The van der Waals surface area contributed by atoms with Gasteiger partial charge in [-0.3, -0.25) is 4.79 Å². The molecule has 1 aromatic heterocycles. The number of hydrogen-bond donors (Lipinski definition) is 2. The van der Waals surface area contributed by atoms with Gasteiger partial charge < -0.3 is 9.72 Å². The molecule has 1 heterocycles. The van der Waals surface area contributed by atoms with Crippen molar-refractivity contribution in [2.24, 2.45) is 5.10 Å². The minimum atomic E-state index is -0.318. The first-order valence-electron chi connectivity index (χ1n) is 7.55. The fraction of sp³-hybridized carbons (Fsp3) is 0.0526. The molecule has 2 aromatic carbocycles. The van der Waals surface area contributed by atoms with Gasteiger partial charge in [0.2, 0.25) is 0 Å². The van der Waals surface area contributed by atoms with E-state index in [9.17, 15) is 4.79 Å². The van der Waals surface area contributed by atoms with E-state index in [1.807, 2.05) is 48.5 Å². The molecule has 120 valence electrons. The van der Waals surface area contributed by atoms with Gasteiger partial charge in [-0.1, -0.05) is 42.5 Å². The third-order valence-electron chi connectivity index (χ3n) is 3.36. The third kappa shape index (κ3) is 4.10. The molecule has 0 bridgehead atoms. The Kier molecular flexibility index (Phi) is 5.04. The molecular weight excluding hydrogens is 302 g/mol. The number of para-hydroxylation sites is 1. The number of aromatic nitrogens is 1. The van der Waals surface area contributed by atoms with Crippen molar-refractivity contribution in [2.75, 3.05) is 0 Å². The van der Waals surface area contributed by atoms with Crippen LogP contribution in [0, 0.1) is 0 Å². The number of ether oxygens (including phenoxy) is 1. The Bertz CT molecular complexity index is 812. The lowest BCUT2D eigenvalue weighted by Crippen LogP contribution is -2.18. The normalized spacial score (nSPS) is 10.7. The van der Waals surface area contributed by atoms with Crippen molar-refractivity contribution >= 4 is 12.1 Å². The number of nitrogens with zero attached hydrogens (tertiary/aromatic N) is 1. The summed E-state index contributed by atoms with van der Waals surface area (Å²) in [5.74, 6) is 0.204. The number of amides is 1. The molecule has 0 aliphatic carbocycles. The molecule has 5 nitrogen and oxygen atoms in total. The second-order valence-corrected chi connectivity index (χ2v) is 5.10. The van der Waals surface area contributed by atoms with Gasteiger partial charge in [0, 0.05) is 6.20 Å². The van der Waals surface area contributed by atoms with Crippen molar-refractivity contribution in [1.29, 1.82) is 0 Å². The number of hydrogen-bond acceptors (Lipinski definition) is 3. The fourth-order valence-electron chi connectivity index (χ4n) is 2.16. The van der Waals surface area contributed by atoms with Gasteiger partial charge in [-0.05, 0) is 29.8 Å². The van der Waals surface area contributed by atoms with Gasteiger partial charge in [-0.2, -0.15) is 5.10 Å². The predicted octanol–water partition coefficient (Wildman–Crippen LogP) is 3.36. The molecule has 0 saturated heterocycles. The van der Waals surface area contributed by atoms with Gasteiger partial charge in [-0.25, -0.2) is 5.43 Å². The van der Waals surface area contributed by atoms with Gasteiger partial charge in [0.1, 0.15) is 12.4 Å². The Morgan fingerprint density at radius 1 is 1.04 bits per heavy atom. The Morgan fingerprint density at radius 2 is 1.83 bits per heavy atom. The molecule has 0 spiro atoms. The van der Waals surface area contributed by atoms with Crippen LogP contribution in [-0.2, 0) is 6.61 Å². The van der Waals surface area contributed by atoms with Crippen LogP contribution >= 0.6 is 0 Å². The first-order chi connectivity index (χ1) is 11.8. The van der Waals surface area contributed by atoms with Gasteiger partial charge in [0.05, 0.1) is 17.5 Å². The van der Waals surface area contributed by atoms with Crippen molar-refractivity contribution in [3.05, 3.63) is 89.7 Å². The highest BCUT2D eigenvalue weighted by Gasteiger charge is 2.11. The highest BCUT2D eigenvalue weighted by molar-refractivity contribution is 5.97. The average molecular weight is 319 g/mol. The summed E-state index contributed by atoms with van der Waals surface area (Å²) in [5.41, 5.74) is 4.80. The zero-order valence-corrected chi connectivity index (χ0v) is 13.0. The Hall–Kier alpha value is -3.34. The lowest BCUT2D eigenvalue weighted by Gasteiger charge is -2.10. The molecule has 5 heteroatoms. The van der Waals surface area contributed by atoms with E-state index in [-0.39, 0.29) is 5.91 Å². The number of H-pyrrole nitrogens is 1. The van der Waals surface area contributed by atoms with Gasteiger partial charge in [-0.15, -0.1) is 0 Å². The van der Waals surface area contributed by atoms with Crippen LogP contribution in [0.1, 0.15) is 21.6 Å². The molecule has 2 N–H and O–H groups in total. The lowest BCUT2D eigenvalue weighted by atomic mass is 10.2. The van der Waals surface area contributed by atoms with Crippen LogP contribution in [-0.4, -0.2) is 17.1 Å². The maximum Gasteiger partial charge on any atom is 0.275 e. The topological polar surface area (TPSA) is 66.5 Å². The van der Waals surface area contributed by atoms with Crippen molar-refractivity contribution < 1.29 is 9.53 Å². The van der Waals surface area contributed by atoms with Crippen LogP contribution in [0.2, 0.25) is 0 Å². The number of carbonyl (C=O) groups is 1. The number of carbonyl (C=O) groups excluding carboxylic acids is 1. The molecule has 0 atom stereocenters. The Balaban J connectivity index is 1.65. The molecule has 0 radical (unpaired) electrons. The van der Waals surface area contributed by atoms with Gasteiger partial charge in [0.15, 0.2) is 0 Å². The van der Waals surface area contributed by atoms with E-state index in [4.69, 9.17) is 4.74 Å². The molecule has 0 saturated carbocycles. The number of hydrazone groups is 1. The van der Waals surface area contributed by atoms with Crippen LogP contribution in [0.25, 0.3) is 0 Å². The maximum absolute atomic E-state index is 12.3. The van der Waals surface area contributed by atoms with Crippen molar-refractivity contribution in [2.45, 2.75) is 6.61 Å². The van der Waals surface area contributed by atoms with Crippen LogP contribution in [0.15, 0.2) is 78.0 Å². The number of aromatic amines is 1. The van der Waals surface area contributed by atoms with Crippen LogP contribution in [0.3, 0.4) is 0 Å². The molecule has 3 aromatic rings. The summed E-state index contributed by atoms with van der Waals surface area (Å²) in [6, 6.07) is 20.6. The molecule has 24 heavy (non-hydrogen) atoms. The number of benzene rings is 2. The second kappa shape index (κ2) is 7.78. The van der Waals surface area contributed by atoms with Gasteiger partial charge >= 0.3 is 0 Å². The van der Waals surface area contributed by atoms with Crippen LogP contribution in [0.4, 0.5) is 0 Å². The molecule has 0 aliphatic rings. The summed E-state index contributed by atoms with van der Waals surface area (Å²) in [7, 11) is 0. The van der Waals surface area contributed by atoms with E-state index in [1.165, 1.54) is 0 Å². The number of rotatable bonds is 6. The van der Waals surface area contributed by atoms with E-state index in [0.717, 1.165) is 11.3 Å². The van der Waals surface area contributed by atoms with Crippen molar-refractivity contribution in [3.8, 4) is 5.75 Å². The largest absolute Gasteiger partial charge is 0.488 e. The minimum absolute atomic E-state index is 0.318. The van der Waals surface area contributed by atoms with Crippen LogP contribution < -0.4 is 10.2 Å². The van der Waals surface area contributed by atoms with E-state index in [2.05, 4.69) is 15.5 Å². The Labute approximate surface area is 140 Å². The monoisotopic (exact) mass is 319 g/mol. The van der Waals surface area contributed by atoms with E-state index in [1.54, 1.807) is 30.6 Å². The molecule has 0 fully saturated rings. The Morgan fingerprint density at radius 3 is 2.62 bits per heavy atom. The SMILES string of the molecule is O=C(N/N=C/c1ccc[nH]1)c1ccccc1OCc1ccccc1. The summed E-state index contributed by atoms with van der Waals surface area (Å²) >= 11 is 0. The first kappa shape index (κ1) is 15.6. The lowest BCUT2D eigenvalue weighted by molar-refractivity contribution is 0.0950. The highest BCUT2D eigenvalue weighted by Crippen LogP contribution is 2.19. The third-order valence-corrected chi connectivity index (χ3v) is 3.36. The van der Waals surface area contributed by atoms with E-state index < -0.39 is 0 Å². The number of nitrogens with one attached hydrogen (secondary N) is 2. The quantitative estimate of drug-likeness (QED) is 0.540. The smallest absolute Gasteiger partial charge is 0.275 e. The predicted molar refractivity (Wildman–Crippen MR) is 93.1 cm³/mol. The van der Waals surface area contributed by atoms with E-state index in [0.29, 0.717) is 17.9 Å². The van der Waals surface area contributed by atoms with Crippen molar-refractivity contribution in [1.82, 2.24) is 10.4 Å². The second-order valence-electron chi connectivity index (χ2n) is 5.10. The summed E-state index contributed by atoms with van der Waals surface area (Å²) in [5, 5.41) is 3.94. The average Bonchev–Trinajstić information content (AvgIpc) is 3.14. The highest BCUT2D eigenvalue weighted by atomic mass is 16.5. The van der Waals surface area contributed by atoms with E-state index >= 15 is 0 Å². The van der Waals surface area contributed by atoms with Gasteiger partial charge in [0.25, 0.3) is 5.91 Å². The molecule has 0 unspecified atom stereocenters. The zero-order chi connectivity index (χ0) is 16.6. The molecule has 1 amide bonds. The summed E-state index contributed by atoms with van der Waals surface area (Å²) < 4.78 is 5.78. The van der Waals surface area contributed by atoms with Crippen LogP contribution in [0.5, 0.6) is 5.75 Å². The molecule has 0 aliphatic heterocycles. The zero-order valence-electron chi connectivity index (χ0n) is 13.0. The minimum Gasteiger partial charge on any atom is -0.488 e. The summed E-state index contributed by atoms with van der Waals surface area (Å²) in [6.45, 7) is 0.400. The van der Waals surface area contributed by atoms with Crippen molar-refractivity contribution in [3.63, 3.8) is 0 Å². The molecular formula is C19H17N3O2. The fourth-order valence-corrected chi connectivity index (χ4v) is 2.16. The molecule has 3 rings (SSSR count). The maximum atomic E-state index is 12.3. The standard InChI is InChI=1S/C19H17N3O2/c23-19(22-21-13-16-9-6-12-20-16)17-10-4-5-11-18(17)24-14-15-7-2-1-3-8-15/h1-13,20H,14H2,(H,22,23)/b21-13+. The summed E-state index contributed by atoms with van der Waals surface area (Å²) in [6.07, 6.45) is 3.33. The summed E-state index contributed by atoms with van der Waals surface area (Å²) in [4.78, 5) is 15.3.